The number of nitrogens with zero attached hydrogens (tertiary/aromatic N) is 3. The summed E-state index contributed by atoms with van der Waals surface area (Å²) in [7, 11) is 0. The summed E-state index contributed by atoms with van der Waals surface area (Å²) in [5.74, 6) is 0.716. The molecule has 12 nitrogen and oxygen atoms in total. The fourth-order valence-corrected chi connectivity index (χ4v) is 7.02. The van der Waals surface area contributed by atoms with Crippen LogP contribution in [0.15, 0.2) is 5.11 Å². The summed E-state index contributed by atoms with van der Waals surface area (Å²) in [6, 6.07) is 0. The maximum Gasteiger partial charge on any atom is 0.322 e. The lowest BCUT2D eigenvalue weighted by atomic mass is 10.1. The van der Waals surface area contributed by atoms with Gasteiger partial charge in [0.05, 0.1) is 92.5 Å². The average molecular weight is 742 g/mol. The second kappa shape index (κ2) is 37.5. The van der Waals surface area contributed by atoms with Gasteiger partial charge in [0, 0.05) is 11.5 Å². The molecule has 0 bridgehead atoms. The van der Waals surface area contributed by atoms with E-state index in [4.69, 9.17) is 55.6 Å². The number of hydrogen-bond donors (Lipinski definition) is 0. The highest BCUT2D eigenvalue weighted by Gasteiger charge is 2.31. The van der Waals surface area contributed by atoms with E-state index in [1.54, 1.807) is 11.8 Å². The first-order valence-electron chi connectivity index (χ1n) is 17.5. The summed E-state index contributed by atoms with van der Waals surface area (Å²) >= 11 is 8.59. The van der Waals surface area contributed by atoms with E-state index >= 15 is 0 Å². The van der Waals surface area contributed by atoms with E-state index in [0.717, 1.165) is 15.7 Å². The summed E-state index contributed by atoms with van der Waals surface area (Å²) in [6.45, 7) is 12.8. The van der Waals surface area contributed by atoms with E-state index < -0.39 is 4.75 Å². The lowest BCUT2D eigenvalue weighted by Gasteiger charge is -2.22. The van der Waals surface area contributed by atoms with E-state index in [9.17, 15) is 4.79 Å². The van der Waals surface area contributed by atoms with Crippen molar-refractivity contribution in [1.82, 2.24) is 0 Å². The van der Waals surface area contributed by atoms with Crippen LogP contribution in [0.5, 0.6) is 0 Å². The smallest absolute Gasteiger partial charge is 0.322 e. The van der Waals surface area contributed by atoms with Gasteiger partial charge in [0.15, 0.2) is 0 Å². The zero-order valence-corrected chi connectivity index (χ0v) is 32.3. The SMILES string of the molecule is CCCCCCCCCCCCSC(=S)SC(C)(C)C(=O)OCCOCCOCCOCCOCCOCCOCCOCCN=[N+]=[N-]. The number of esters is 1. The van der Waals surface area contributed by atoms with Crippen molar-refractivity contribution in [3.63, 3.8) is 0 Å². The molecule has 0 aliphatic carbocycles. The molecule has 282 valence electrons. The Bertz CT molecular complexity index is 795. The molecule has 0 rings (SSSR count). The molecule has 0 aromatic rings. The molecule has 0 aliphatic heterocycles. The molecule has 0 N–H and O–H groups in total. The third-order valence-corrected chi connectivity index (χ3v) is 9.42. The minimum Gasteiger partial charge on any atom is -0.462 e. The van der Waals surface area contributed by atoms with Gasteiger partial charge in [-0.05, 0) is 31.6 Å². The molecule has 0 aromatic heterocycles. The van der Waals surface area contributed by atoms with E-state index in [2.05, 4.69) is 16.9 Å². The zero-order valence-electron chi connectivity index (χ0n) is 29.8. The van der Waals surface area contributed by atoms with E-state index in [-0.39, 0.29) is 12.6 Å². The van der Waals surface area contributed by atoms with E-state index in [1.165, 1.54) is 69.5 Å². The molecule has 15 heteroatoms. The first kappa shape index (κ1) is 47.3. The van der Waals surface area contributed by atoms with Crippen LogP contribution >= 0.6 is 35.7 Å². The Labute approximate surface area is 303 Å². The monoisotopic (exact) mass is 741 g/mol. The summed E-state index contributed by atoms with van der Waals surface area (Å²) in [6.07, 6.45) is 13.2. The molecule has 0 atom stereocenters. The van der Waals surface area contributed by atoms with Crippen molar-refractivity contribution in [3.05, 3.63) is 10.4 Å². The maximum atomic E-state index is 12.6. The number of unbranched alkanes of at least 4 members (excludes halogenated alkanes) is 9. The Balaban J connectivity index is 3.43. The molecule has 0 saturated carbocycles. The summed E-state index contributed by atoms with van der Waals surface area (Å²) in [5.41, 5.74) is 8.15. The molecule has 0 aromatic carbocycles. The van der Waals surface area contributed by atoms with Gasteiger partial charge in [0.1, 0.15) is 14.9 Å². The number of thiocarbonyl (C=S) groups is 1. The van der Waals surface area contributed by atoms with Crippen LogP contribution in [0.4, 0.5) is 0 Å². The number of rotatable bonds is 37. The van der Waals surface area contributed by atoms with Crippen LogP contribution in [0.1, 0.15) is 85.0 Å². The molecular formula is C33H63N3O9S3. The van der Waals surface area contributed by atoms with Gasteiger partial charge < -0.3 is 37.9 Å². The number of thioether (sulfide) groups is 2. The molecule has 0 unspecified atom stereocenters. The largest absolute Gasteiger partial charge is 0.462 e. The minimum atomic E-state index is -0.729. The normalized spacial score (nSPS) is 11.5. The minimum absolute atomic E-state index is 0.195. The second-order valence-electron chi connectivity index (χ2n) is 11.3. The van der Waals surface area contributed by atoms with Gasteiger partial charge in [-0.1, -0.05) is 93.8 Å². The molecule has 0 radical (unpaired) electrons. The van der Waals surface area contributed by atoms with Gasteiger partial charge >= 0.3 is 5.97 Å². The van der Waals surface area contributed by atoms with Crippen molar-refractivity contribution in [2.24, 2.45) is 5.11 Å². The highest BCUT2D eigenvalue weighted by Crippen LogP contribution is 2.32. The standard InChI is InChI=1S/C33H63N3O9S3/c1-4-5-6-7-8-9-10-11-12-13-30-47-32(46)48-33(2,3)31(37)45-29-28-44-27-26-43-25-24-42-23-22-41-21-20-40-19-18-39-17-16-38-15-14-35-36-34/h4-30H2,1-3H3. The zero-order chi connectivity index (χ0) is 35.2. The van der Waals surface area contributed by atoms with Crippen LogP contribution in [0.2, 0.25) is 0 Å². The molecule has 0 amide bonds. The van der Waals surface area contributed by atoms with Crippen LogP contribution in [-0.2, 0) is 42.7 Å². The third kappa shape index (κ3) is 35.1. The van der Waals surface area contributed by atoms with Gasteiger partial charge in [-0.15, -0.1) is 11.8 Å². The Morgan fingerprint density at radius 3 is 1.42 bits per heavy atom. The highest BCUT2D eigenvalue weighted by atomic mass is 32.2. The lowest BCUT2D eigenvalue weighted by Crippen LogP contribution is -2.32. The van der Waals surface area contributed by atoms with Crippen LogP contribution in [0, 0.1) is 0 Å². The third-order valence-electron chi connectivity index (χ3n) is 6.64. The number of azide groups is 1. The molecule has 0 spiro atoms. The first-order chi connectivity index (χ1) is 23.4. The highest BCUT2D eigenvalue weighted by molar-refractivity contribution is 8.47. The Morgan fingerprint density at radius 2 is 1.00 bits per heavy atom. The van der Waals surface area contributed by atoms with E-state index in [0.29, 0.717) is 99.0 Å². The Morgan fingerprint density at radius 1 is 0.625 bits per heavy atom. The van der Waals surface area contributed by atoms with Crippen LogP contribution < -0.4 is 0 Å². The predicted molar refractivity (Wildman–Crippen MR) is 199 cm³/mol. The molecule has 48 heavy (non-hydrogen) atoms. The molecular weight excluding hydrogens is 679 g/mol. The van der Waals surface area contributed by atoms with Crippen LogP contribution in [-0.4, -0.2) is 126 Å². The number of ether oxygens (including phenoxy) is 8. The Hall–Kier alpha value is -0.710. The number of carbonyl (C=O) groups is 1. The van der Waals surface area contributed by atoms with Crippen molar-refractivity contribution in [3.8, 4) is 0 Å². The van der Waals surface area contributed by atoms with Crippen LogP contribution in [0.25, 0.3) is 10.4 Å². The van der Waals surface area contributed by atoms with Crippen molar-refractivity contribution < 1.29 is 42.7 Å². The molecule has 0 heterocycles. The fraction of sp³-hybridized carbons (Fsp3) is 0.939. The quantitative estimate of drug-likeness (QED) is 0.0156. The second-order valence-corrected chi connectivity index (χ2v) is 15.2. The first-order valence-corrected chi connectivity index (χ1v) is 19.7. The predicted octanol–water partition coefficient (Wildman–Crippen LogP) is 7.41. The van der Waals surface area contributed by atoms with Gasteiger partial charge in [-0.25, -0.2) is 0 Å². The van der Waals surface area contributed by atoms with Gasteiger partial charge in [-0.2, -0.15) is 0 Å². The van der Waals surface area contributed by atoms with Gasteiger partial charge in [0.2, 0.25) is 0 Å². The van der Waals surface area contributed by atoms with E-state index in [1.807, 2.05) is 13.8 Å². The Kier molecular flexibility index (Phi) is 37.0. The lowest BCUT2D eigenvalue weighted by molar-refractivity contribution is -0.147. The number of carbonyl (C=O) groups excluding carboxylic acids is 1. The molecule has 0 saturated heterocycles. The van der Waals surface area contributed by atoms with Crippen molar-refractivity contribution in [2.45, 2.75) is 89.7 Å². The number of hydrogen-bond acceptors (Lipinski definition) is 13. The van der Waals surface area contributed by atoms with Crippen molar-refractivity contribution in [2.75, 3.05) is 111 Å². The topological polar surface area (TPSA) is 140 Å². The van der Waals surface area contributed by atoms with Crippen molar-refractivity contribution >= 4 is 45.2 Å². The average Bonchev–Trinajstić information content (AvgIpc) is 3.06. The summed E-state index contributed by atoms with van der Waals surface area (Å²) in [5, 5.41) is 3.38. The fourth-order valence-electron chi connectivity index (χ4n) is 3.96. The molecule has 0 aliphatic rings. The summed E-state index contributed by atoms with van der Waals surface area (Å²) in [4.78, 5) is 15.2. The van der Waals surface area contributed by atoms with Gasteiger partial charge in [0.25, 0.3) is 0 Å². The summed E-state index contributed by atoms with van der Waals surface area (Å²) < 4.78 is 43.4. The molecule has 0 fully saturated rings. The van der Waals surface area contributed by atoms with Crippen molar-refractivity contribution in [1.29, 1.82) is 0 Å². The van der Waals surface area contributed by atoms with Gasteiger partial charge in [-0.3, -0.25) is 4.79 Å². The maximum absolute atomic E-state index is 12.6. The van der Waals surface area contributed by atoms with Crippen LogP contribution in [0.3, 0.4) is 0 Å².